The van der Waals surface area contributed by atoms with Gasteiger partial charge in [0.1, 0.15) is 0 Å². The number of ether oxygens (including phenoxy) is 2. The Bertz CT molecular complexity index is 252. The summed E-state index contributed by atoms with van der Waals surface area (Å²) >= 11 is 0. The molecule has 0 aromatic heterocycles. The van der Waals surface area contributed by atoms with Crippen molar-refractivity contribution in [1.29, 1.82) is 0 Å². The lowest BCUT2D eigenvalue weighted by atomic mass is 9.97. The summed E-state index contributed by atoms with van der Waals surface area (Å²) in [5.74, 6) is 0.674. The smallest absolute Gasteiger partial charge is 0.254 e. The van der Waals surface area contributed by atoms with Gasteiger partial charge in [-0.3, -0.25) is 4.79 Å². The molecule has 2 aliphatic rings. The van der Waals surface area contributed by atoms with Gasteiger partial charge >= 0.3 is 0 Å². The number of amides is 1. The van der Waals surface area contributed by atoms with Crippen LogP contribution < -0.4 is 5.32 Å². The molecule has 98 valence electrons. The fourth-order valence-electron chi connectivity index (χ4n) is 2.55. The van der Waals surface area contributed by atoms with E-state index in [0.717, 1.165) is 26.1 Å². The Labute approximate surface area is 102 Å². The molecule has 1 amide bonds. The molecule has 1 N–H and O–H groups in total. The largest absolute Gasteiger partial charge is 0.376 e. The first-order valence-electron chi connectivity index (χ1n) is 6.44. The molecular weight excluding hydrogens is 220 g/mol. The lowest BCUT2D eigenvalue weighted by Crippen LogP contribution is -2.49. The summed E-state index contributed by atoms with van der Waals surface area (Å²) in [6.45, 7) is 4.23. The lowest BCUT2D eigenvalue weighted by Gasteiger charge is -2.35. The molecule has 0 aromatic rings. The number of likely N-dealkylation sites (tertiary alicyclic amines) is 1. The average Bonchev–Trinajstić information content (AvgIpc) is 2.40. The zero-order chi connectivity index (χ0) is 12.1. The molecule has 2 fully saturated rings. The maximum Gasteiger partial charge on any atom is 0.254 e. The Morgan fingerprint density at radius 1 is 1.47 bits per heavy atom. The molecule has 2 unspecified atom stereocenters. The molecule has 0 bridgehead atoms. The summed E-state index contributed by atoms with van der Waals surface area (Å²) in [5.41, 5.74) is 0. The molecule has 0 aliphatic carbocycles. The average molecular weight is 242 g/mol. The van der Waals surface area contributed by atoms with Gasteiger partial charge in [0.05, 0.1) is 19.8 Å². The highest BCUT2D eigenvalue weighted by Crippen LogP contribution is 2.17. The molecule has 2 atom stereocenters. The van der Waals surface area contributed by atoms with E-state index in [0.29, 0.717) is 25.7 Å². The van der Waals surface area contributed by atoms with Crippen LogP contribution in [0.2, 0.25) is 0 Å². The Balaban J connectivity index is 1.85. The van der Waals surface area contributed by atoms with Gasteiger partial charge in [0.2, 0.25) is 0 Å². The summed E-state index contributed by atoms with van der Waals surface area (Å²) in [5, 5.41) is 3.18. The van der Waals surface area contributed by atoms with Gasteiger partial charge in [-0.05, 0) is 32.4 Å². The van der Waals surface area contributed by atoms with E-state index < -0.39 is 0 Å². The minimum absolute atomic E-state index is 0.102. The van der Waals surface area contributed by atoms with Crippen molar-refractivity contribution in [2.24, 2.45) is 5.92 Å². The molecular formula is C12H22N2O3. The molecule has 17 heavy (non-hydrogen) atoms. The number of nitrogens with one attached hydrogen (secondary N) is 1. The van der Waals surface area contributed by atoms with Gasteiger partial charge in [0.25, 0.3) is 5.91 Å². The van der Waals surface area contributed by atoms with Gasteiger partial charge in [-0.2, -0.15) is 0 Å². The number of piperidine rings is 1. The van der Waals surface area contributed by atoms with Crippen molar-refractivity contribution in [2.45, 2.75) is 18.9 Å². The van der Waals surface area contributed by atoms with Crippen LogP contribution in [0.5, 0.6) is 0 Å². The van der Waals surface area contributed by atoms with Gasteiger partial charge in [-0.25, -0.2) is 0 Å². The molecule has 2 heterocycles. The van der Waals surface area contributed by atoms with Crippen LogP contribution in [0.25, 0.3) is 0 Å². The second-order valence-corrected chi connectivity index (χ2v) is 4.78. The van der Waals surface area contributed by atoms with Crippen molar-refractivity contribution in [1.82, 2.24) is 10.2 Å². The number of carbonyl (C=O) groups is 1. The van der Waals surface area contributed by atoms with Crippen LogP contribution in [0.1, 0.15) is 12.8 Å². The first-order chi connectivity index (χ1) is 8.31. The molecule has 0 radical (unpaired) electrons. The van der Waals surface area contributed by atoms with Crippen molar-refractivity contribution in [2.75, 3.05) is 46.5 Å². The summed E-state index contributed by atoms with van der Waals surface area (Å²) in [7, 11) is 1.96. The predicted octanol–water partition coefficient (Wildman–Crippen LogP) is -0.140. The van der Waals surface area contributed by atoms with Crippen molar-refractivity contribution in [3.05, 3.63) is 0 Å². The van der Waals surface area contributed by atoms with Crippen molar-refractivity contribution in [3.8, 4) is 0 Å². The summed E-state index contributed by atoms with van der Waals surface area (Å²) in [6, 6.07) is 0. The number of rotatable bonds is 3. The van der Waals surface area contributed by atoms with Crippen LogP contribution in [-0.2, 0) is 14.3 Å². The minimum Gasteiger partial charge on any atom is -0.376 e. The molecule has 2 aliphatic heterocycles. The van der Waals surface area contributed by atoms with Gasteiger partial charge in [0, 0.05) is 13.1 Å². The highest BCUT2D eigenvalue weighted by molar-refractivity contribution is 5.81. The Morgan fingerprint density at radius 3 is 3.06 bits per heavy atom. The quantitative estimate of drug-likeness (QED) is 0.748. The van der Waals surface area contributed by atoms with Gasteiger partial charge in [-0.1, -0.05) is 0 Å². The molecule has 0 spiro atoms. The zero-order valence-electron chi connectivity index (χ0n) is 10.5. The van der Waals surface area contributed by atoms with E-state index >= 15 is 0 Å². The SMILES string of the molecule is CNCC1CCCN(C(=O)C2COCCO2)C1. The van der Waals surface area contributed by atoms with E-state index in [2.05, 4.69) is 5.32 Å². The van der Waals surface area contributed by atoms with E-state index in [-0.39, 0.29) is 12.0 Å². The maximum atomic E-state index is 12.2. The first kappa shape index (κ1) is 12.8. The summed E-state index contributed by atoms with van der Waals surface area (Å²) in [4.78, 5) is 14.1. The van der Waals surface area contributed by atoms with E-state index in [9.17, 15) is 4.79 Å². The summed E-state index contributed by atoms with van der Waals surface area (Å²) in [6.07, 6.45) is 1.91. The van der Waals surface area contributed by atoms with Gasteiger partial charge in [-0.15, -0.1) is 0 Å². The third-order valence-corrected chi connectivity index (χ3v) is 3.41. The molecule has 0 saturated carbocycles. The van der Waals surface area contributed by atoms with Crippen molar-refractivity contribution in [3.63, 3.8) is 0 Å². The third kappa shape index (κ3) is 3.40. The second-order valence-electron chi connectivity index (χ2n) is 4.78. The Morgan fingerprint density at radius 2 is 2.35 bits per heavy atom. The van der Waals surface area contributed by atoms with E-state index in [1.807, 2.05) is 11.9 Å². The Hall–Kier alpha value is -0.650. The van der Waals surface area contributed by atoms with Crippen molar-refractivity contribution >= 4 is 5.91 Å². The molecule has 2 saturated heterocycles. The molecule has 5 heteroatoms. The van der Waals surface area contributed by atoms with Crippen LogP contribution in [0.15, 0.2) is 0 Å². The Kier molecular flexibility index (Phi) is 4.76. The van der Waals surface area contributed by atoms with Crippen LogP contribution in [0.4, 0.5) is 0 Å². The highest BCUT2D eigenvalue weighted by atomic mass is 16.6. The van der Waals surface area contributed by atoms with Crippen LogP contribution in [-0.4, -0.2) is 63.4 Å². The highest BCUT2D eigenvalue weighted by Gasteiger charge is 2.30. The fraction of sp³-hybridized carbons (Fsp3) is 0.917. The monoisotopic (exact) mass is 242 g/mol. The topological polar surface area (TPSA) is 50.8 Å². The molecule has 5 nitrogen and oxygen atoms in total. The molecule has 0 aromatic carbocycles. The number of hydrogen-bond acceptors (Lipinski definition) is 4. The van der Waals surface area contributed by atoms with Crippen LogP contribution in [0.3, 0.4) is 0 Å². The number of nitrogens with zero attached hydrogens (tertiary/aromatic N) is 1. The van der Waals surface area contributed by atoms with Gasteiger partial charge in [0.15, 0.2) is 6.10 Å². The standard InChI is InChI=1S/C12H22N2O3/c1-13-7-10-3-2-4-14(8-10)12(15)11-9-16-5-6-17-11/h10-11,13H,2-9H2,1H3. The predicted molar refractivity (Wildman–Crippen MR) is 63.8 cm³/mol. The number of carbonyl (C=O) groups excluding carboxylic acids is 1. The van der Waals surface area contributed by atoms with Crippen LogP contribution in [0, 0.1) is 5.92 Å². The zero-order valence-corrected chi connectivity index (χ0v) is 10.5. The minimum atomic E-state index is -0.378. The number of hydrogen-bond donors (Lipinski definition) is 1. The van der Waals surface area contributed by atoms with Crippen LogP contribution >= 0.6 is 0 Å². The maximum absolute atomic E-state index is 12.2. The second kappa shape index (κ2) is 6.33. The van der Waals surface area contributed by atoms with E-state index in [4.69, 9.17) is 9.47 Å². The lowest BCUT2D eigenvalue weighted by molar-refractivity contribution is -0.159. The van der Waals surface area contributed by atoms with E-state index in [1.54, 1.807) is 0 Å². The van der Waals surface area contributed by atoms with Crippen molar-refractivity contribution < 1.29 is 14.3 Å². The van der Waals surface area contributed by atoms with Gasteiger partial charge < -0.3 is 19.7 Å². The molecule has 2 rings (SSSR count). The normalized spacial score (nSPS) is 30.3. The third-order valence-electron chi connectivity index (χ3n) is 3.41. The fourth-order valence-corrected chi connectivity index (χ4v) is 2.55. The van der Waals surface area contributed by atoms with E-state index in [1.165, 1.54) is 6.42 Å². The first-order valence-corrected chi connectivity index (χ1v) is 6.44. The summed E-state index contributed by atoms with van der Waals surface area (Å²) < 4.78 is 10.7.